The summed E-state index contributed by atoms with van der Waals surface area (Å²) in [5.41, 5.74) is 0.145. The molecule has 0 aliphatic heterocycles. The first-order valence-electron chi connectivity index (χ1n) is 4.42. The predicted molar refractivity (Wildman–Crippen MR) is 52.1 cm³/mol. The fraction of sp³-hybridized carbons (Fsp3) is 1.00. The van der Waals surface area contributed by atoms with E-state index in [0.29, 0.717) is 0 Å². The van der Waals surface area contributed by atoms with Crippen LogP contribution in [0.1, 0.15) is 27.2 Å². The minimum Gasteiger partial charge on any atom is -0.378 e. The van der Waals surface area contributed by atoms with Crippen molar-refractivity contribution in [3.63, 3.8) is 0 Å². The van der Waals surface area contributed by atoms with E-state index in [4.69, 9.17) is 0 Å². The van der Waals surface area contributed by atoms with Crippen LogP contribution in [0, 0.1) is 0 Å². The van der Waals surface area contributed by atoms with Crippen LogP contribution in [0.3, 0.4) is 0 Å². The summed E-state index contributed by atoms with van der Waals surface area (Å²) in [5, 5.41) is 12.7. The van der Waals surface area contributed by atoms with E-state index in [1.165, 1.54) is 0 Å². The second-order valence-electron chi connectivity index (χ2n) is 4.41. The fourth-order valence-corrected chi connectivity index (χ4v) is 0.834. The van der Waals surface area contributed by atoms with E-state index in [2.05, 4.69) is 26.1 Å². The first-order valence-corrected chi connectivity index (χ1v) is 4.42. The van der Waals surface area contributed by atoms with Crippen LogP contribution >= 0.6 is 0 Å². The Kier molecular flexibility index (Phi) is 4.75. The van der Waals surface area contributed by atoms with Crippen molar-refractivity contribution in [1.82, 2.24) is 10.2 Å². The van der Waals surface area contributed by atoms with Gasteiger partial charge in [0.2, 0.25) is 0 Å². The molecule has 0 rings (SSSR count). The normalized spacial score (nSPS) is 15.2. The molecule has 12 heavy (non-hydrogen) atoms. The maximum absolute atomic E-state index is 9.41. The molecule has 1 atom stereocenters. The molecule has 0 aromatic rings. The molecule has 0 aromatic heterocycles. The van der Waals surface area contributed by atoms with Crippen molar-refractivity contribution >= 4 is 0 Å². The Labute approximate surface area is 75.8 Å². The third kappa shape index (κ3) is 6.58. The minimum atomic E-state index is -0.333. The zero-order valence-corrected chi connectivity index (χ0v) is 8.89. The molecule has 3 nitrogen and oxygen atoms in total. The average Bonchev–Trinajstić information content (AvgIpc) is 1.84. The van der Waals surface area contributed by atoms with Gasteiger partial charge in [-0.25, -0.2) is 0 Å². The summed E-state index contributed by atoms with van der Waals surface area (Å²) in [5.74, 6) is 0. The van der Waals surface area contributed by atoms with Gasteiger partial charge in [0, 0.05) is 5.54 Å². The highest BCUT2D eigenvalue weighted by Crippen LogP contribution is 2.00. The summed E-state index contributed by atoms with van der Waals surface area (Å²) >= 11 is 0. The zero-order chi connectivity index (χ0) is 9.78. The number of hydrogen-bond acceptors (Lipinski definition) is 3. The van der Waals surface area contributed by atoms with Crippen molar-refractivity contribution < 1.29 is 5.11 Å². The highest BCUT2D eigenvalue weighted by atomic mass is 16.3. The van der Waals surface area contributed by atoms with E-state index in [9.17, 15) is 5.11 Å². The molecule has 0 aliphatic carbocycles. The molecule has 0 aromatic carbocycles. The van der Waals surface area contributed by atoms with Crippen molar-refractivity contribution in [2.75, 3.05) is 20.6 Å². The Balaban J connectivity index is 3.44. The smallest absolute Gasteiger partial charge is 0.108 e. The van der Waals surface area contributed by atoms with Crippen LogP contribution in [0.5, 0.6) is 0 Å². The second-order valence-corrected chi connectivity index (χ2v) is 4.41. The van der Waals surface area contributed by atoms with Gasteiger partial charge in [-0.15, -0.1) is 0 Å². The second kappa shape index (κ2) is 4.80. The van der Waals surface area contributed by atoms with E-state index in [1.54, 1.807) is 0 Å². The first kappa shape index (κ1) is 11.9. The van der Waals surface area contributed by atoms with Gasteiger partial charge in [0.1, 0.15) is 6.23 Å². The van der Waals surface area contributed by atoms with Gasteiger partial charge >= 0.3 is 0 Å². The lowest BCUT2D eigenvalue weighted by molar-refractivity contribution is 0.0326. The fourth-order valence-electron chi connectivity index (χ4n) is 0.834. The minimum absolute atomic E-state index is 0.145. The van der Waals surface area contributed by atoms with Gasteiger partial charge in [-0.1, -0.05) is 0 Å². The Morgan fingerprint density at radius 1 is 1.33 bits per heavy atom. The topological polar surface area (TPSA) is 35.5 Å². The number of aliphatic hydroxyl groups excluding tert-OH is 1. The van der Waals surface area contributed by atoms with E-state index < -0.39 is 0 Å². The number of rotatable bonds is 4. The lowest BCUT2D eigenvalue weighted by atomic mass is 10.1. The van der Waals surface area contributed by atoms with Crippen LogP contribution in [-0.4, -0.2) is 42.4 Å². The molecule has 2 N–H and O–H groups in total. The molecular weight excluding hydrogens is 152 g/mol. The van der Waals surface area contributed by atoms with Gasteiger partial charge in [0.05, 0.1) is 0 Å². The lowest BCUT2D eigenvalue weighted by Gasteiger charge is -2.23. The molecule has 74 valence electrons. The number of hydrogen-bond donors (Lipinski definition) is 2. The summed E-state index contributed by atoms with van der Waals surface area (Å²) in [6.45, 7) is 7.21. The van der Waals surface area contributed by atoms with Crippen molar-refractivity contribution in [1.29, 1.82) is 0 Å². The van der Waals surface area contributed by atoms with E-state index in [-0.39, 0.29) is 11.8 Å². The third-order valence-corrected chi connectivity index (χ3v) is 1.65. The number of nitrogens with zero attached hydrogens (tertiary/aromatic N) is 1. The van der Waals surface area contributed by atoms with Gasteiger partial charge in [-0.2, -0.15) is 0 Å². The molecule has 0 saturated heterocycles. The first-order chi connectivity index (χ1) is 5.33. The number of nitrogens with one attached hydrogen (secondary N) is 1. The molecular formula is C9H22N2O. The molecule has 0 amide bonds. The number of aliphatic hydroxyl groups is 1. The Bertz CT molecular complexity index is 118. The molecule has 0 saturated carbocycles. The van der Waals surface area contributed by atoms with Crippen LogP contribution < -0.4 is 5.32 Å². The zero-order valence-electron chi connectivity index (χ0n) is 8.89. The Morgan fingerprint density at radius 2 is 1.83 bits per heavy atom. The monoisotopic (exact) mass is 174 g/mol. The summed E-state index contributed by atoms with van der Waals surface area (Å²) in [4.78, 5) is 1.81. The van der Waals surface area contributed by atoms with Crippen LogP contribution in [0.4, 0.5) is 0 Å². The molecule has 0 bridgehead atoms. The van der Waals surface area contributed by atoms with E-state index in [0.717, 1.165) is 13.0 Å². The summed E-state index contributed by atoms with van der Waals surface area (Å²) in [6.07, 6.45) is 0.435. The molecule has 0 spiro atoms. The van der Waals surface area contributed by atoms with Crippen molar-refractivity contribution in [3.8, 4) is 0 Å². The van der Waals surface area contributed by atoms with Crippen LogP contribution in [0.15, 0.2) is 0 Å². The molecule has 0 aliphatic rings. The Morgan fingerprint density at radius 3 is 2.17 bits per heavy atom. The van der Waals surface area contributed by atoms with E-state index >= 15 is 0 Å². The van der Waals surface area contributed by atoms with Crippen LogP contribution in [0.2, 0.25) is 0 Å². The van der Waals surface area contributed by atoms with E-state index in [1.807, 2.05) is 19.0 Å². The van der Waals surface area contributed by atoms with Crippen molar-refractivity contribution in [3.05, 3.63) is 0 Å². The largest absolute Gasteiger partial charge is 0.378 e. The molecule has 3 heteroatoms. The van der Waals surface area contributed by atoms with Crippen molar-refractivity contribution in [2.45, 2.75) is 39.0 Å². The van der Waals surface area contributed by atoms with Gasteiger partial charge in [0.25, 0.3) is 0 Å². The van der Waals surface area contributed by atoms with Gasteiger partial charge < -0.3 is 10.4 Å². The third-order valence-electron chi connectivity index (χ3n) is 1.65. The molecule has 1 unspecified atom stereocenters. The standard InChI is InChI=1S/C9H22N2O/c1-9(2,3)10-7-6-8(12)11(4)5/h8,10,12H,6-7H2,1-5H3. The Hall–Kier alpha value is -0.120. The average molecular weight is 174 g/mol. The highest BCUT2D eigenvalue weighted by molar-refractivity contribution is 4.70. The van der Waals surface area contributed by atoms with Gasteiger partial charge in [-0.3, -0.25) is 4.90 Å². The molecule has 0 heterocycles. The van der Waals surface area contributed by atoms with Gasteiger partial charge in [0.15, 0.2) is 0 Å². The maximum Gasteiger partial charge on any atom is 0.108 e. The van der Waals surface area contributed by atoms with Crippen LogP contribution in [-0.2, 0) is 0 Å². The summed E-state index contributed by atoms with van der Waals surface area (Å²) in [6, 6.07) is 0. The maximum atomic E-state index is 9.41. The SMILES string of the molecule is CN(C)C(O)CCNC(C)(C)C. The summed E-state index contributed by atoms with van der Waals surface area (Å²) in [7, 11) is 3.75. The quantitative estimate of drug-likeness (QED) is 0.614. The van der Waals surface area contributed by atoms with Gasteiger partial charge in [-0.05, 0) is 47.8 Å². The summed E-state index contributed by atoms with van der Waals surface area (Å²) < 4.78 is 0. The van der Waals surface area contributed by atoms with Crippen LogP contribution in [0.25, 0.3) is 0 Å². The molecule has 0 fully saturated rings. The molecule has 0 radical (unpaired) electrons. The lowest BCUT2D eigenvalue weighted by Crippen LogP contribution is -2.39. The predicted octanol–water partition coefficient (Wildman–Crippen LogP) is 0.645. The van der Waals surface area contributed by atoms with Crippen molar-refractivity contribution in [2.24, 2.45) is 0 Å². The highest BCUT2D eigenvalue weighted by Gasteiger charge is 2.10.